The van der Waals surface area contributed by atoms with Crippen molar-refractivity contribution in [3.8, 4) is 11.4 Å². The number of aromatic nitrogens is 4. The van der Waals surface area contributed by atoms with E-state index < -0.39 is 4.92 Å². The van der Waals surface area contributed by atoms with Crippen molar-refractivity contribution in [1.82, 2.24) is 19.7 Å². The highest BCUT2D eigenvalue weighted by molar-refractivity contribution is 5.64. The number of hydrogen-bond donors (Lipinski definition) is 0. The molecule has 0 radical (unpaired) electrons. The first-order chi connectivity index (χ1) is 10.1. The molecule has 1 aliphatic rings. The number of nitrogens with zero attached hydrogens (tertiary/aromatic N) is 5. The van der Waals surface area contributed by atoms with E-state index in [1.807, 2.05) is 0 Å². The third-order valence-corrected chi connectivity index (χ3v) is 4.07. The molecule has 0 saturated heterocycles. The van der Waals surface area contributed by atoms with Gasteiger partial charge in [-0.25, -0.2) is 0 Å². The Morgan fingerprint density at radius 1 is 1.29 bits per heavy atom. The normalized spacial score (nSPS) is 22.1. The molecule has 2 aromatic heterocycles. The van der Waals surface area contributed by atoms with Crippen LogP contribution in [-0.4, -0.2) is 24.7 Å². The summed E-state index contributed by atoms with van der Waals surface area (Å²) in [4.78, 5) is 18.9. The third-order valence-electron chi connectivity index (χ3n) is 4.07. The van der Waals surface area contributed by atoms with E-state index in [4.69, 9.17) is 0 Å². The summed E-state index contributed by atoms with van der Waals surface area (Å²) in [5.41, 5.74) is 0.730. The molecule has 0 aromatic carbocycles. The predicted molar refractivity (Wildman–Crippen MR) is 76.6 cm³/mol. The van der Waals surface area contributed by atoms with Crippen molar-refractivity contribution < 1.29 is 4.92 Å². The van der Waals surface area contributed by atoms with E-state index in [-0.39, 0.29) is 11.7 Å². The van der Waals surface area contributed by atoms with Gasteiger partial charge in [-0.15, -0.1) is 0 Å². The zero-order valence-corrected chi connectivity index (χ0v) is 11.8. The van der Waals surface area contributed by atoms with Crippen LogP contribution >= 0.6 is 0 Å². The number of rotatable bonds is 3. The van der Waals surface area contributed by atoms with Crippen LogP contribution in [0, 0.1) is 16.0 Å². The maximum absolute atomic E-state index is 11.2. The summed E-state index contributed by atoms with van der Waals surface area (Å²) < 4.78 is 1.74. The second-order valence-corrected chi connectivity index (χ2v) is 5.60. The van der Waals surface area contributed by atoms with Crippen LogP contribution in [0.4, 0.5) is 5.69 Å². The minimum atomic E-state index is -0.404. The number of hydrogen-bond acceptors (Lipinski definition) is 5. The molecule has 1 fully saturated rings. The lowest BCUT2D eigenvalue weighted by atomic mass is 9.87. The van der Waals surface area contributed by atoms with Crippen LogP contribution in [0.25, 0.3) is 11.4 Å². The largest absolute Gasteiger partial charge is 0.316 e. The van der Waals surface area contributed by atoms with Crippen molar-refractivity contribution in [2.45, 2.75) is 38.6 Å². The summed E-state index contributed by atoms with van der Waals surface area (Å²) >= 11 is 0. The van der Waals surface area contributed by atoms with Gasteiger partial charge in [-0.1, -0.05) is 6.92 Å². The molecule has 0 aliphatic heterocycles. The number of nitro groups is 1. The lowest BCUT2D eigenvalue weighted by Gasteiger charge is -2.26. The summed E-state index contributed by atoms with van der Waals surface area (Å²) in [5.74, 6) is 0.728. The van der Waals surface area contributed by atoms with E-state index in [2.05, 4.69) is 22.0 Å². The van der Waals surface area contributed by atoms with Gasteiger partial charge < -0.3 is 0 Å². The van der Waals surface area contributed by atoms with Crippen LogP contribution in [0.5, 0.6) is 0 Å². The summed E-state index contributed by atoms with van der Waals surface area (Å²) in [6, 6.07) is 0.241. The Morgan fingerprint density at radius 3 is 2.67 bits per heavy atom. The predicted octanol–water partition coefficient (Wildman–Crippen LogP) is 3.00. The van der Waals surface area contributed by atoms with Gasteiger partial charge in [-0.2, -0.15) is 5.10 Å². The average Bonchev–Trinajstić information content (AvgIpc) is 2.94. The smallest absolute Gasteiger partial charge is 0.262 e. The highest BCUT2D eigenvalue weighted by Gasteiger charge is 2.27. The summed E-state index contributed by atoms with van der Waals surface area (Å²) in [6.07, 6.45) is 10.4. The van der Waals surface area contributed by atoms with E-state index in [0.29, 0.717) is 11.4 Å². The summed E-state index contributed by atoms with van der Waals surface area (Å²) in [5, 5.41) is 15.7. The van der Waals surface area contributed by atoms with Crippen molar-refractivity contribution in [1.29, 1.82) is 0 Å². The van der Waals surface area contributed by atoms with E-state index in [1.165, 1.54) is 24.8 Å². The van der Waals surface area contributed by atoms with Gasteiger partial charge >= 0.3 is 5.69 Å². The van der Waals surface area contributed by atoms with Gasteiger partial charge in [-0.3, -0.25) is 24.8 Å². The molecule has 7 heteroatoms. The summed E-state index contributed by atoms with van der Waals surface area (Å²) in [7, 11) is 0. The van der Waals surface area contributed by atoms with Crippen LogP contribution in [0.3, 0.4) is 0 Å². The molecule has 7 nitrogen and oxygen atoms in total. The average molecular weight is 287 g/mol. The second-order valence-electron chi connectivity index (χ2n) is 5.60. The zero-order valence-electron chi connectivity index (χ0n) is 11.8. The van der Waals surface area contributed by atoms with Crippen molar-refractivity contribution in [2.24, 2.45) is 5.92 Å². The monoisotopic (exact) mass is 287 g/mol. The highest BCUT2D eigenvalue weighted by Crippen LogP contribution is 2.34. The standard InChI is InChI=1S/C14H17N5O2/c1-10-2-4-11(5-3-10)18-9-13(19(20)21)14(17-18)12-8-15-6-7-16-12/h6-11H,2-5H2,1H3/t10-,11-. The lowest BCUT2D eigenvalue weighted by molar-refractivity contribution is -0.384. The minimum Gasteiger partial charge on any atom is -0.262 e. The van der Waals surface area contributed by atoms with Crippen molar-refractivity contribution >= 4 is 5.69 Å². The van der Waals surface area contributed by atoms with Gasteiger partial charge in [0.1, 0.15) is 11.9 Å². The Kier molecular flexibility index (Phi) is 3.64. The first-order valence-electron chi connectivity index (χ1n) is 7.15. The van der Waals surface area contributed by atoms with E-state index in [0.717, 1.165) is 31.6 Å². The van der Waals surface area contributed by atoms with E-state index in [1.54, 1.807) is 4.68 Å². The molecular weight excluding hydrogens is 270 g/mol. The molecule has 2 aromatic rings. The van der Waals surface area contributed by atoms with Gasteiger partial charge in [0.05, 0.1) is 17.2 Å². The first-order valence-corrected chi connectivity index (χ1v) is 7.15. The van der Waals surface area contributed by atoms with Crippen LogP contribution in [0.15, 0.2) is 24.8 Å². The van der Waals surface area contributed by atoms with Crippen LogP contribution in [0.1, 0.15) is 38.6 Å². The fraction of sp³-hybridized carbons (Fsp3) is 0.500. The molecule has 21 heavy (non-hydrogen) atoms. The molecule has 2 heterocycles. The van der Waals surface area contributed by atoms with Gasteiger partial charge in [-0.05, 0) is 31.6 Å². The van der Waals surface area contributed by atoms with Crippen LogP contribution < -0.4 is 0 Å². The van der Waals surface area contributed by atoms with Crippen molar-refractivity contribution in [3.05, 3.63) is 34.9 Å². The molecule has 110 valence electrons. The zero-order chi connectivity index (χ0) is 14.8. The Bertz CT molecular complexity index is 632. The second kappa shape index (κ2) is 5.59. The quantitative estimate of drug-likeness (QED) is 0.639. The molecule has 0 atom stereocenters. The third kappa shape index (κ3) is 2.76. The lowest BCUT2D eigenvalue weighted by Crippen LogP contribution is -2.17. The van der Waals surface area contributed by atoms with Gasteiger partial charge in [0.15, 0.2) is 5.69 Å². The van der Waals surface area contributed by atoms with E-state index >= 15 is 0 Å². The van der Waals surface area contributed by atoms with Crippen LogP contribution in [0.2, 0.25) is 0 Å². The maximum Gasteiger partial charge on any atom is 0.316 e. The Morgan fingerprint density at radius 2 is 2.05 bits per heavy atom. The molecule has 0 spiro atoms. The maximum atomic E-state index is 11.2. The molecule has 0 bridgehead atoms. The molecular formula is C14H17N5O2. The molecule has 0 amide bonds. The van der Waals surface area contributed by atoms with Gasteiger partial charge in [0, 0.05) is 12.4 Å². The van der Waals surface area contributed by atoms with Gasteiger partial charge in [0.2, 0.25) is 0 Å². The molecule has 0 unspecified atom stereocenters. The Balaban J connectivity index is 1.95. The SMILES string of the molecule is C[C@H]1CC[C@H](n2cc([N+](=O)[O-])c(-c3cnccn3)n2)CC1. The van der Waals surface area contributed by atoms with E-state index in [9.17, 15) is 10.1 Å². The first kappa shape index (κ1) is 13.7. The highest BCUT2D eigenvalue weighted by atomic mass is 16.6. The van der Waals surface area contributed by atoms with Crippen LogP contribution in [-0.2, 0) is 0 Å². The fourth-order valence-electron chi connectivity index (χ4n) is 2.81. The fourth-order valence-corrected chi connectivity index (χ4v) is 2.81. The molecule has 1 aliphatic carbocycles. The Labute approximate surface area is 122 Å². The molecule has 0 N–H and O–H groups in total. The summed E-state index contributed by atoms with van der Waals surface area (Å²) in [6.45, 7) is 2.24. The van der Waals surface area contributed by atoms with Crippen molar-refractivity contribution in [2.75, 3.05) is 0 Å². The molecule has 1 saturated carbocycles. The van der Waals surface area contributed by atoms with Crippen molar-refractivity contribution in [3.63, 3.8) is 0 Å². The minimum absolute atomic E-state index is 0.00544. The Hall–Kier alpha value is -2.31. The topological polar surface area (TPSA) is 86.7 Å². The van der Waals surface area contributed by atoms with Gasteiger partial charge in [0.25, 0.3) is 0 Å². The molecule has 3 rings (SSSR count).